The van der Waals surface area contributed by atoms with Crippen LogP contribution >= 0.6 is 0 Å². The van der Waals surface area contributed by atoms with Crippen LogP contribution in [-0.2, 0) is 0 Å². The van der Waals surface area contributed by atoms with Crippen LogP contribution in [0.4, 0.5) is 0 Å². The van der Waals surface area contributed by atoms with Gasteiger partial charge in [0.25, 0.3) is 0 Å². The van der Waals surface area contributed by atoms with Crippen LogP contribution < -0.4 is 5.32 Å². The maximum Gasteiger partial charge on any atom is 0.0914 e. The quantitative estimate of drug-likeness (QED) is 0.838. The highest BCUT2D eigenvalue weighted by atomic mass is 16.3. The van der Waals surface area contributed by atoms with Gasteiger partial charge in [0, 0.05) is 12.6 Å². The summed E-state index contributed by atoms with van der Waals surface area (Å²) in [6.45, 7) is 5.03. The third kappa shape index (κ3) is 3.55. The van der Waals surface area contributed by atoms with E-state index >= 15 is 0 Å². The SMILES string of the molecule is Cc1ccc(C(O)CNC2CCC(C)C2)cc1. The van der Waals surface area contributed by atoms with Crippen LogP contribution in [0.5, 0.6) is 0 Å². The van der Waals surface area contributed by atoms with Gasteiger partial charge in [-0.05, 0) is 37.7 Å². The molecule has 1 fully saturated rings. The van der Waals surface area contributed by atoms with Crippen molar-refractivity contribution in [2.75, 3.05) is 6.54 Å². The molecule has 0 amide bonds. The van der Waals surface area contributed by atoms with Crippen molar-refractivity contribution in [2.24, 2.45) is 5.92 Å². The Morgan fingerprint density at radius 2 is 2.00 bits per heavy atom. The molecule has 3 unspecified atom stereocenters. The Hall–Kier alpha value is -0.860. The van der Waals surface area contributed by atoms with Crippen molar-refractivity contribution in [3.8, 4) is 0 Å². The highest BCUT2D eigenvalue weighted by Gasteiger charge is 2.21. The lowest BCUT2D eigenvalue weighted by molar-refractivity contribution is 0.169. The monoisotopic (exact) mass is 233 g/mol. The molecule has 0 spiro atoms. The summed E-state index contributed by atoms with van der Waals surface area (Å²) < 4.78 is 0. The van der Waals surface area contributed by atoms with E-state index in [1.807, 2.05) is 12.1 Å². The minimum Gasteiger partial charge on any atom is -0.387 e. The van der Waals surface area contributed by atoms with Gasteiger partial charge in [-0.15, -0.1) is 0 Å². The van der Waals surface area contributed by atoms with E-state index in [-0.39, 0.29) is 6.10 Å². The number of hydrogen-bond acceptors (Lipinski definition) is 2. The van der Waals surface area contributed by atoms with Crippen LogP contribution in [0, 0.1) is 12.8 Å². The van der Waals surface area contributed by atoms with Crippen molar-refractivity contribution in [2.45, 2.75) is 45.3 Å². The van der Waals surface area contributed by atoms with E-state index in [0.29, 0.717) is 12.6 Å². The average Bonchev–Trinajstić information content (AvgIpc) is 2.73. The normalized spacial score (nSPS) is 26.1. The summed E-state index contributed by atoms with van der Waals surface area (Å²) in [7, 11) is 0. The second-order valence-corrected chi connectivity index (χ2v) is 5.45. The predicted octanol–water partition coefficient (Wildman–Crippen LogP) is 2.81. The van der Waals surface area contributed by atoms with Crippen molar-refractivity contribution in [3.63, 3.8) is 0 Å². The summed E-state index contributed by atoms with van der Waals surface area (Å²) in [4.78, 5) is 0. The lowest BCUT2D eigenvalue weighted by atomic mass is 10.1. The van der Waals surface area contributed by atoms with Gasteiger partial charge in [0.1, 0.15) is 0 Å². The zero-order valence-corrected chi connectivity index (χ0v) is 10.8. The van der Waals surface area contributed by atoms with E-state index in [0.717, 1.165) is 11.5 Å². The van der Waals surface area contributed by atoms with Gasteiger partial charge in [0.2, 0.25) is 0 Å². The first-order valence-electron chi connectivity index (χ1n) is 6.63. The Morgan fingerprint density at radius 1 is 1.29 bits per heavy atom. The lowest BCUT2D eigenvalue weighted by Crippen LogP contribution is -2.30. The molecule has 2 nitrogen and oxygen atoms in total. The zero-order chi connectivity index (χ0) is 12.3. The Bertz CT molecular complexity index is 346. The summed E-state index contributed by atoms with van der Waals surface area (Å²) in [5.41, 5.74) is 2.24. The number of benzene rings is 1. The second kappa shape index (κ2) is 5.65. The van der Waals surface area contributed by atoms with E-state index in [2.05, 4.69) is 31.3 Å². The zero-order valence-electron chi connectivity index (χ0n) is 10.8. The van der Waals surface area contributed by atoms with Crippen LogP contribution in [0.2, 0.25) is 0 Å². The van der Waals surface area contributed by atoms with Crippen molar-refractivity contribution >= 4 is 0 Å². The smallest absolute Gasteiger partial charge is 0.0914 e. The van der Waals surface area contributed by atoms with Gasteiger partial charge >= 0.3 is 0 Å². The largest absolute Gasteiger partial charge is 0.387 e. The standard InChI is InChI=1S/C15H23NO/c1-11-3-6-13(7-4-11)15(17)10-16-14-8-5-12(2)9-14/h3-4,6-7,12,14-17H,5,8-10H2,1-2H3. The fourth-order valence-corrected chi connectivity index (χ4v) is 2.58. The molecule has 3 atom stereocenters. The summed E-state index contributed by atoms with van der Waals surface area (Å²) >= 11 is 0. The maximum atomic E-state index is 10.1. The topological polar surface area (TPSA) is 32.3 Å². The number of hydrogen-bond donors (Lipinski definition) is 2. The van der Waals surface area contributed by atoms with E-state index in [1.54, 1.807) is 0 Å². The minimum absolute atomic E-state index is 0.383. The Morgan fingerprint density at radius 3 is 2.59 bits per heavy atom. The van der Waals surface area contributed by atoms with Crippen LogP contribution in [0.1, 0.15) is 43.4 Å². The summed E-state index contributed by atoms with van der Waals surface area (Å²) in [5, 5.41) is 13.6. The number of nitrogens with one attached hydrogen (secondary N) is 1. The lowest BCUT2D eigenvalue weighted by Gasteiger charge is -2.16. The molecule has 1 aliphatic rings. The fraction of sp³-hybridized carbons (Fsp3) is 0.600. The Labute approximate surface area is 104 Å². The molecule has 0 heterocycles. The van der Waals surface area contributed by atoms with Gasteiger partial charge in [-0.3, -0.25) is 0 Å². The predicted molar refractivity (Wildman–Crippen MR) is 70.9 cm³/mol. The third-order valence-electron chi connectivity index (χ3n) is 3.76. The molecule has 1 aliphatic carbocycles. The van der Waals surface area contributed by atoms with E-state index in [1.165, 1.54) is 24.8 Å². The molecule has 2 heteroatoms. The van der Waals surface area contributed by atoms with E-state index < -0.39 is 0 Å². The van der Waals surface area contributed by atoms with Crippen molar-refractivity contribution in [3.05, 3.63) is 35.4 Å². The molecule has 17 heavy (non-hydrogen) atoms. The highest BCUT2D eigenvalue weighted by molar-refractivity contribution is 5.23. The number of rotatable bonds is 4. The summed E-state index contributed by atoms with van der Waals surface area (Å²) in [5.74, 6) is 0.837. The van der Waals surface area contributed by atoms with Gasteiger partial charge in [-0.2, -0.15) is 0 Å². The van der Waals surface area contributed by atoms with Gasteiger partial charge in [0.05, 0.1) is 6.10 Å². The average molecular weight is 233 g/mol. The van der Waals surface area contributed by atoms with Crippen LogP contribution in [0.15, 0.2) is 24.3 Å². The van der Waals surface area contributed by atoms with E-state index in [9.17, 15) is 5.11 Å². The third-order valence-corrected chi connectivity index (χ3v) is 3.76. The van der Waals surface area contributed by atoms with Gasteiger partial charge in [0.15, 0.2) is 0 Å². The first-order valence-corrected chi connectivity index (χ1v) is 6.63. The maximum absolute atomic E-state index is 10.1. The molecular weight excluding hydrogens is 210 g/mol. The Kier molecular flexibility index (Phi) is 4.19. The molecule has 0 bridgehead atoms. The molecular formula is C15H23NO. The molecule has 0 aliphatic heterocycles. The van der Waals surface area contributed by atoms with Crippen LogP contribution in [-0.4, -0.2) is 17.7 Å². The van der Waals surface area contributed by atoms with Gasteiger partial charge in [-0.25, -0.2) is 0 Å². The van der Waals surface area contributed by atoms with Crippen molar-refractivity contribution in [1.82, 2.24) is 5.32 Å². The Balaban J connectivity index is 1.81. The molecule has 1 aromatic carbocycles. The highest BCUT2D eigenvalue weighted by Crippen LogP contribution is 2.25. The van der Waals surface area contributed by atoms with Gasteiger partial charge < -0.3 is 10.4 Å². The molecule has 1 saturated carbocycles. The number of aliphatic hydroxyl groups is 1. The molecule has 0 radical (unpaired) electrons. The fourth-order valence-electron chi connectivity index (χ4n) is 2.58. The molecule has 0 aromatic heterocycles. The molecule has 2 rings (SSSR count). The van der Waals surface area contributed by atoms with Crippen LogP contribution in [0.3, 0.4) is 0 Å². The molecule has 0 saturated heterocycles. The van der Waals surface area contributed by atoms with Crippen molar-refractivity contribution in [1.29, 1.82) is 0 Å². The molecule has 1 aromatic rings. The number of aliphatic hydroxyl groups excluding tert-OH is 1. The number of aryl methyl sites for hydroxylation is 1. The van der Waals surface area contributed by atoms with E-state index in [4.69, 9.17) is 0 Å². The molecule has 94 valence electrons. The summed E-state index contributed by atoms with van der Waals surface area (Å²) in [6.07, 6.45) is 3.44. The first-order chi connectivity index (χ1) is 8.15. The van der Waals surface area contributed by atoms with Gasteiger partial charge in [-0.1, -0.05) is 36.8 Å². The minimum atomic E-state index is -0.383. The van der Waals surface area contributed by atoms with Crippen LogP contribution in [0.25, 0.3) is 0 Å². The first kappa shape index (κ1) is 12.6. The van der Waals surface area contributed by atoms with Crippen molar-refractivity contribution < 1.29 is 5.11 Å². The summed E-state index contributed by atoms with van der Waals surface area (Å²) in [6, 6.07) is 8.73. The second-order valence-electron chi connectivity index (χ2n) is 5.45. The molecule has 2 N–H and O–H groups in total.